The first-order chi connectivity index (χ1) is 5.86. The lowest BCUT2D eigenvalue weighted by atomic mass is 9.94. The van der Waals surface area contributed by atoms with Crippen molar-refractivity contribution in [1.82, 2.24) is 0 Å². The summed E-state index contributed by atoms with van der Waals surface area (Å²) >= 11 is 0. The van der Waals surface area contributed by atoms with Gasteiger partial charge in [-0.3, -0.25) is 4.79 Å². The largest absolute Gasteiger partial charge is 0.381 e. The Morgan fingerprint density at radius 2 is 2.17 bits per heavy atom. The zero-order valence-corrected chi connectivity index (χ0v) is 7.42. The van der Waals surface area contributed by atoms with Gasteiger partial charge in [-0.2, -0.15) is 0 Å². The molecule has 0 spiro atoms. The standard InChI is InChI=1S/C10H16O2/c11-10(6-8-3-4-8)9-2-1-5-12-7-9/h8-9H,1-7H2. The predicted molar refractivity (Wildman–Crippen MR) is 45.9 cm³/mol. The smallest absolute Gasteiger partial charge is 0.138 e. The fraction of sp³-hybridized carbons (Fsp3) is 0.900. The summed E-state index contributed by atoms with van der Waals surface area (Å²) in [4.78, 5) is 11.6. The summed E-state index contributed by atoms with van der Waals surface area (Å²) in [6.07, 6.45) is 5.51. The first kappa shape index (κ1) is 8.24. The van der Waals surface area contributed by atoms with Crippen LogP contribution >= 0.6 is 0 Å². The van der Waals surface area contributed by atoms with Crippen molar-refractivity contribution in [3.05, 3.63) is 0 Å². The lowest BCUT2D eigenvalue weighted by Crippen LogP contribution is -2.25. The number of hydrogen-bond donors (Lipinski definition) is 0. The molecule has 12 heavy (non-hydrogen) atoms. The van der Waals surface area contributed by atoms with E-state index in [0.29, 0.717) is 12.4 Å². The minimum absolute atomic E-state index is 0.236. The zero-order valence-electron chi connectivity index (χ0n) is 7.42. The molecule has 0 aromatic carbocycles. The molecule has 2 heteroatoms. The van der Waals surface area contributed by atoms with Crippen LogP contribution < -0.4 is 0 Å². The summed E-state index contributed by atoms with van der Waals surface area (Å²) < 4.78 is 5.28. The van der Waals surface area contributed by atoms with E-state index in [9.17, 15) is 4.79 Å². The van der Waals surface area contributed by atoms with Crippen LogP contribution in [-0.4, -0.2) is 19.0 Å². The Bertz CT molecular complexity index is 167. The number of carbonyl (C=O) groups is 1. The van der Waals surface area contributed by atoms with E-state index in [2.05, 4.69) is 0 Å². The van der Waals surface area contributed by atoms with E-state index in [0.717, 1.165) is 31.8 Å². The second kappa shape index (κ2) is 3.56. The fourth-order valence-corrected chi connectivity index (χ4v) is 1.77. The Hall–Kier alpha value is -0.370. The Balaban J connectivity index is 1.76. The molecule has 1 aliphatic carbocycles. The zero-order chi connectivity index (χ0) is 8.39. The summed E-state index contributed by atoms with van der Waals surface area (Å²) in [6.45, 7) is 1.54. The van der Waals surface area contributed by atoms with E-state index in [-0.39, 0.29) is 5.92 Å². The van der Waals surface area contributed by atoms with Gasteiger partial charge in [0.2, 0.25) is 0 Å². The van der Waals surface area contributed by atoms with Crippen molar-refractivity contribution in [2.75, 3.05) is 13.2 Å². The second-order valence-corrected chi connectivity index (χ2v) is 4.03. The fourth-order valence-electron chi connectivity index (χ4n) is 1.77. The SMILES string of the molecule is O=C(CC1CC1)C1CCCOC1. The first-order valence-electron chi connectivity index (χ1n) is 4.96. The van der Waals surface area contributed by atoms with Crippen molar-refractivity contribution in [1.29, 1.82) is 0 Å². The van der Waals surface area contributed by atoms with E-state index < -0.39 is 0 Å². The molecular weight excluding hydrogens is 152 g/mol. The van der Waals surface area contributed by atoms with E-state index in [1.165, 1.54) is 12.8 Å². The van der Waals surface area contributed by atoms with Crippen molar-refractivity contribution in [2.24, 2.45) is 11.8 Å². The molecule has 1 saturated heterocycles. The number of Topliss-reactive ketones (excluding diaryl/α,β-unsaturated/α-hetero) is 1. The van der Waals surface area contributed by atoms with Gasteiger partial charge in [-0.25, -0.2) is 0 Å². The monoisotopic (exact) mass is 168 g/mol. The van der Waals surface area contributed by atoms with Crippen molar-refractivity contribution >= 4 is 5.78 Å². The van der Waals surface area contributed by atoms with E-state index in [1.54, 1.807) is 0 Å². The minimum Gasteiger partial charge on any atom is -0.381 e. The maximum Gasteiger partial charge on any atom is 0.138 e. The van der Waals surface area contributed by atoms with Crippen LogP contribution in [-0.2, 0) is 9.53 Å². The third-order valence-electron chi connectivity index (χ3n) is 2.80. The van der Waals surface area contributed by atoms with Crippen LogP contribution in [0.1, 0.15) is 32.1 Å². The molecule has 2 aliphatic rings. The van der Waals surface area contributed by atoms with Gasteiger partial charge in [-0.05, 0) is 31.6 Å². The predicted octanol–water partition coefficient (Wildman–Crippen LogP) is 1.78. The molecular formula is C10H16O2. The van der Waals surface area contributed by atoms with Crippen molar-refractivity contribution < 1.29 is 9.53 Å². The summed E-state index contributed by atoms with van der Waals surface area (Å²) in [5.74, 6) is 1.43. The van der Waals surface area contributed by atoms with Gasteiger partial charge in [0.15, 0.2) is 0 Å². The Labute approximate surface area is 73.3 Å². The average Bonchev–Trinajstić information content (AvgIpc) is 2.90. The Morgan fingerprint density at radius 3 is 2.75 bits per heavy atom. The minimum atomic E-state index is 0.236. The molecule has 0 aromatic rings. The van der Waals surface area contributed by atoms with Crippen molar-refractivity contribution in [3.63, 3.8) is 0 Å². The summed E-state index contributed by atoms with van der Waals surface area (Å²) in [7, 11) is 0. The lowest BCUT2D eigenvalue weighted by molar-refractivity contribution is -0.127. The first-order valence-corrected chi connectivity index (χ1v) is 4.96. The van der Waals surface area contributed by atoms with Gasteiger partial charge in [0.05, 0.1) is 6.61 Å². The molecule has 0 amide bonds. The molecule has 2 nitrogen and oxygen atoms in total. The number of ether oxygens (including phenoxy) is 1. The number of ketones is 1. The van der Waals surface area contributed by atoms with Gasteiger partial charge >= 0.3 is 0 Å². The molecule has 0 N–H and O–H groups in total. The average molecular weight is 168 g/mol. The third kappa shape index (κ3) is 2.07. The van der Waals surface area contributed by atoms with Crippen LogP contribution in [0.2, 0.25) is 0 Å². The highest BCUT2D eigenvalue weighted by Gasteiger charge is 2.29. The number of rotatable bonds is 3. The summed E-state index contributed by atoms with van der Waals surface area (Å²) in [6, 6.07) is 0. The highest BCUT2D eigenvalue weighted by atomic mass is 16.5. The van der Waals surface area contributed by atoms with Crippen LogP contribution in [0.5, 0.6) is 0 Å². The van der Waals surface area contributed by atoms with E-state index >= 15 is 0 Å². The molecule has 1 aliphatic heterocycles. The maximum absolute atomic E-state index is 11.6. The van der Waals surface area contributed by atoms with Gasteiger partial charge in [-0.1, -0.05) is 0 Å². The number of carbonyl (C=O) groups excluding carboxylic acids is 1. The van der Waals surface area contributed by atoms with Crippen molar-refractivity contribution in [2.45, 2.75) is 32.1 Å². The molecule has 1 atom stereocenters. The molecule has 0 radical (unpaired) electrons. The normalized spacial score (nSPS) is 30.2. The Morgan fingerprint density at radius 1 is 1.33 bits per heavy atom. The second-order valence-electron chi connectivity index (χ2n) is 4.03. The van der Waals surface area contributed by atoms with Gasteiger partial charge in [0.1, 0.15) is 5.78 Å². The molecule has 2 rings (SSSR count). The van der Waals surface area contributed by atoms with Crippen LogP contribution in [0, 0.1) is 11.8 Å². The topological polar surface area (TPSA) is 26.3 Å². The lowest BCUT2D eigenvalue weighted by Gasteiger charge is -2.20. The quantitative estimate of drug-likeness (QED) is 0.642. The van der Waals surface area contributed by atoms with E-state index in [1.807, 2.05) is 0 Å². The maximum atomic E-state index is 11.6. The number of hydrogen-bond acceptors (Lipinski definition) is 2. The molecule has 1 heterocycles. The van der Waals surface area contributed by atoms with Crippen LogP contribution in [0.4, 0.5) is 0 Å². The van der Waals surface area contributed by atoms with Crippen LogP contribution in [0.3, 0.4) is 0 Å². The summed E-state index contributed by atoms with van der Waals surface area (Å²) in [5, 5.41) is 0. The third-order valence-corrected chi connectivity index (χ3v) is 2.80. The molecule has 68 valence electrons. The van der Waals surface area contributed by atoms with Crippen LogP contribution in [0.25, 0.3) is 0 Å². The molecule has 1 saturated carbocycles. The van der Waals surface area contributed by atoms with Crippen molar-refractivity contribution in [3.8, 4) is 0 Å². The highest BCUT2D eigenvalue weighted by Crippen LogP contribution is 2.34. The highest BCUT2D eigenvalue weighted by molar-refractivity contribution is 5.81. The van der Waals surface area contributed by atoms with Gasteiger partial charge in [-0.15, -0.1) is 0 Å². The molecule has 0 aromatic heterocycles. The summed E-state index contributed by atoms with van der Waals surface area (Å²) in [5.41, 5.74) is 0. The van der Waals surface area contributed by atoms with Gasteiger partial charge in [0.25, 0.3) is 0 Å². The van der Waals surface area contributed by atoms with Gasteiger partial charge < -0.3 is 4.74 Å². The molecule has 1 unspecified atom stereocenters. The molecule has 0 bridgehead atoms. The Kier molecular flexibility index (Phi) is 2.45. The molecule has 2 fully saturated rings. The van der Waals surface area contributed by atoms with Crippen LogP contribution in [0.15, 0.2) is 0 Å². The van der Waals surface area contributed by atoms with E-state index in [4.69, 9.17) is 4.74 Å². The van der Waals surface area contributed by atoms with Gasteiger partial charge in [0, 0.05) is 18.9 Å².